The molecule has 1 amide bonds. The van der Waals surface area contributed by atoms with Crippen LogP contribution in [0.1, 0.15) is 15.9 Å². The van der Waals surface area contributed by atoms with Gasteiger partial charge in [0.15, 0.2) is 0 Å². The van der Waals surface area contributed by atoms with Gasteiger partial charge in [-0.05, 0) is 36.2 Å². The van der Waals surface area contributed by atoms with Gasteiger partial charge in [-0.3, -0.25) is 9.59 Å². The zero-order chi connectivity index (χ0) is 18.6. The molecule has 2 rings (SSSR count). The number of esters is 1. The standard InChI is InChI=1S/C17H16Cl2N2O4/c1-25-17(24)14(20)6-9-2-4-10(5-3-9)21-16(23)15-12(18)7-11(22)8-13(15)19/h2-5,7-8,14,22H,6,20H2,1H3,(H,21,23)/t14-/m0/s1. The Bertz CT molecular complexity index is 771. The number of phenolic OH excluding ortho intramolecular Hbond substituents is 1. The Hall–Kier alpha value is -2.28. The Morgan fingerprint density at radius 3 is 2.28 bits per heavy atom. The van der Waals surface area contributed by atoms with Crippen molar-refractivity contribution < 1.29 is 19.4 Å². The summed E-state index contributed by atoms with van der Waals surface area (Å²) in [6, 6.07) is 8.52. The molecule has 0 saturated carbocycles. The van der Waals surface area contributed by atoms with Gasteiger partial charge in [0.25, 0.3) is 5.91 Å². The summed E-state index contributed by atoms with van der Waals surface area (Å²) in [5.41, 5.74) is 7.10. The van der Waals surface area contributed by atoms with Gasteiger partial charge in [-0.1, -0.05) is 35.3 Å². The number of carbonyl (C=O) groups excluding carboxylic acids is 2. The van der Waals surface area contributed by atoms with Crippen LogP contribution in [0.5, 0.6) is 5.75 Å². The van der Waals surface area contributed by atoms with E-state index < -0.39 is 17.9 Å². The lowest BCUT2D eigenvalue weighted by Crippen LogP contribution is -2.33. The predicted octanol–water partition coefficient (Wildman–Crippen LogP) is 2.99. The number of methoxy groups -OCH3 is 1. The number of nitrogens with one attached hydrogen (secondary N) is 1. The molecule has 0 unspecified atom stereocenters. The summed E-state index contributed by atoms with van der Waals surface area (Å²) in [7, 11) is 1.28. The second-order valence-corrected chi connectivity index (χ2v) is 6.08. The molecule has 0 fully saturated rings. The van der Waals surface area contributed by atoms with Crippen molar-refractivity contribution in [3.8, 4) is 5.75 Å². The maximum absolute atomic E-state index is 12.3. The van der Waals surface area contributed by atoms with Gasteiger partial charge in [-0.2, -0.15) is 0 Å². The highest BCUT2D eigenvalue weighted by Gasteiger charge is 2.17. The number of aromatic hydroxyl groups is 1. The second-order valence-electron chi connectivity index (χ2n) is 5.27. The van der Waals surface area contributed by atoms with Crippen LogP contribution in [0.2, 0.25) is 10.0 Å². The normalized spacial score (nSPS) is 11.7. The van der Waals surface area contributed by atoms with Crippen molar-refractivity contribution in [2.75, 3.05) is 12.4 Å². The van der Waals surface area contributed by atoms with Crippen molar-refractivity contribution in [3.05, 3.63) is 57.6 Å². The van der Waals surface area contributed by atoms with Gasteiger partial charge in [0, 0.05) is 5.69 Å². The lowest BCUT2D eigenvalue weighted by molar-refractivity contribution is -0.142. The van der Waals surface area contributed by atoms with Crippen LogP contribution in [-0.2, 0) is 16.0 Å². The lowest BCUT2D eigenvalue weighted by Gasteiger charge is -2.11. The van der Waals surface area contributed by atoms with E-state index in [4.69, 9.17) is 28.9 Å². The molecular weight excluding hydrogens is 367 g/mol. The molecular formula is C17H16Cl2N2O4. The average molecular weight is 383 g/mol. The smallest absolute Gasteiger partial charge is 0.322 e. The summed E-state index contributed by atoms with van der Waals surface area (Å²) < 4.78 is 4.58. The highest BCUT2D eigenvalue weighted by atomic mass is 35.5. The number of rotatable bonds is 5. The molecule has 8 heteroatoms. The van der Waals surface area contributed by atoms with E-state index in [0.717, 1.165) is 5.56 Å². The monoisotopic (exact) mass is 382 g/mol. The van der Waals surface area contributed by atoms with E-state index in [-0.39, 0.29) is 21.4 Å². The molecule has 0 bridgehead atoms. The minimum absolute atomic E-state index is 0.0446. The first-order valence-corrected chi connectivity index (χ1v) is 7.99. The Morgan fingerprint density at radius 1 is 1.20 bits per heavy atom. The molecule has 0 aliphatic rings. The molecule has 0 spiro atoms. The van der Waals surface area contributed by atoms with Gasteiger partial charge in [0.2, 0.25) is 0 Å². The number of carbonyl (C=O) groups is 2. The van der Waals surface area contributed by atoms with E-state index in [0.29, 0.717) is 12.1 Å². The molecule has 0 aliphatic carbocycles. The van der Waals surface area contributed by atoms with Crippen LogP contribution in [0.15, 0.2) is 36.4 Å². The number of benzene rings is 2. The minimum Gasteiger partial charge on any atom is -0.508 e. The highest BCUT2D eigenvalue weighted by molar-refractivity contribution is 6.40. The molecule has 25 heavy (non-hydrogen) atoms. The molecule has 132 valence electrons. The van der Waals surface area contributed by atoms with E-state index in [9.17, 15) is 14.7 Å². The molecule has 0 saturated heterocycles. The number of hydrogen-bond acceptors (Lipinski definition) is 5. The summed E-state index contributed by atoms with van der Waals surface area (Å²) >= 11 is 11.9. The SMILES string of the molecule is COC(=O)[C@@H](N)Cc1ccc(NC(=O)c2c(Cl)cc(O)cc2Cl)cc1. The molecule has 0 heterocycles. The van der Waals surface area contributed by atoms with Crippen molar-refractivity contribution in [3.63, 3.8) is 0 Å². The van der Waals surface area contributed by atoms with Crippen LogP contribution in [0.4, 0.5) is 5.69 Å². The van der Waals surface area contributed by atoms with Crippen LogP contribution in [-0.4, -0.2) is 30.1 Å². The Balaban J connectivity index is 2.09. The summed E-state index contributed by atoms with van der Waals surface area (Å²) in [5.74, 6) is -1.12. The molecule has 0 aromatic heterocycles. The second kappa shape index (κ2) is 8.20. The summed E-state index contributed by atoms with van der Waals surface area (Å²) in [6.45, 7) is 0. The number of ether oxygens (including phenoxy) is 1. The fraction of sp³-hybridized carbons (Fsp3) is 0.176. The van der Waals surface area contributed by atoms with Crippen LogP contribution < -0.4 is 11.1 Å². The van der Waals surface area contributed by atoms with Crippen molar-refractivity contribution >= 4 is 40.8 Å². The number of hydrogen-bond donors (Lipinski definition) is 3. The van der Waals surface area contributed by atoms with Gasteiger partial charge in [-0.15, -0.1) is 0 Å². The third-order valence-corrected chi connectivity index (χ3v) is 4.02. The first-order chi connectivity index (χ1) is 11.8. The number of amides is 1. The van der Waals surface area contributed by atoms with Crippen LogP contribution in [0.3, 0.4) is 0 Å². The van der Waals surface area contributed by atoms with Crippen LogP contribution in [0, 0.1) is 0 Å². The van der Waals surface area contributed by atoms with Crippen molar-refractivity contribution in [2.24, 2.45) is 5.73 Å². The van der Waals surface area contributed by atoms with Crippen LogP contribution >= 0.6 is 23.2 Å². The van der Waals surface area contributed by atoms with E-state index in [1.165, 1.54) is 19.2 Å². The third kappa shape index (κ3) is 4.85. The molecule has 2 aromatic carbocycles. The third-order valence-electron chi connectivity index (χ3n) is 3.43. The fourth-order valence-electron chi connectivity index (χ4n) is 2.18. The Labute approximate surface area is 154 Å². The van der Waals surface area contributed by atoms with Gasteiger partial charge in [0.05, 0.1) is 22.7 Å². The molecule has 6 nitrogen and oxygen atoms in total. The summed E-state index contributed by atoms with van der Waals surface area (Å²) in [6.07, 6.45) is 0.316. The first kappa shape index (κ1) is 19.1. The number of anilines is 1. The number of halogens is 2. The van der Waals surface area contributed by atoms with Gasteiger partial charge < -0.3 is 20.9 Å². The minimum atomic E-state index is -0.750. The lowest BCUT2D eigenvalue weighted by atomic mass is 10.1. The van der Waals surface area contributed by atoms with Crippen molar-refractivity contribution in [2.45, 2.75) is 12.5 Å². The van der Waals surface area contributed by atoms with Crippen LogP contribution in [0.25, 0.3) is 0 Å². The van der Waals surface area contributed by atoms with Gasteiger partial charge in [-0.25, -0.2) is 0 Å². The molecule has 2 aromatic rings. The summed E-state index contributed by atoms with van der Waals surface area (Å²) in [5, 5.41) is 12.2. The predicted molar refractivity (Wildman–Crippen MR) is 96.2 cm³/mol. The quantitative estimate of drug-likeness (QED) is 0.689. The Kier molecular flexibility index (Phi) is 6.25. The zero-order valence-corrected chi connectivity index (χ0v) is 14.8. The molecule has 0 radical (unpaired) electrons. The van der Waals surface area contributed by atoms with E-state index in [2.05, 4.69) is 10.1 Å². The Morgan fingerprint density at radius 2 is 1.76 bits per heavy atom. The van der Waals surface area contributed by atoms with E-state index in [1.54, 1.807) is 24.3 Å². The molecule has 1 atom stereocenters. The fourth-order valence-corrected chi connectivity index (χ4v) is 2.83. The van der Waals surface area contributed by atoms with Crippen molar-refractivity contribution in [1.82, 2.24) is 0 Å². The number of nitrogens with two attached hydrogens (primary N) is 1. The van der Waals surface area contributed by atoms with Gasteiger partial charge >= 0.3 is 5.97 Å². The van der Waals surface area contributed by atoms with Gasteiger partial charge in [0.1, 0.15) is 11.8 Å². The maximum Gasteiger partial charge on any atom is 0.322 e. The topological polar surface area (TPSA) is 102 Å². The zero-order valence-electron chi connectivity index (χ0n) is 13.3. The summed E-state index contributed by atoms with van der Waals surface area (Å²) in [4.78, 5) is 23.6. The molecule has 0 aliphatic heterocycles. The average Bonchev–Trinajstić information content (AvgIpc) is 2.54. The number of phenols is 1. The largest absolute Gasteiger partial charge is 0.508 e. The van der Waals surface area contributed by atoms with E-state index in [1.807, 2.05) is 0 Å². The first-order valence-electron chi connectivity index (χ1n) is 7.23. The molecule has 4 N–H and O–H groups in total. The van der Waals surface area contributed by atoms with Crippen molar-refractivity contribution in [1.29, 1.82) is 0 Å². The highest BCUT2D eigenvalue weighted by Crippen LogP contribution is 2.30. The van der Waals surface area contributed by atoms with E-state index >= 15 is 0 Å². The maximum atomic E-state index is 12.3.